The molecule has 2 aromatic heterocycles. The normalized spacial score (nSPS) is 42.0. The zero-order chi connectivity index (χ0) is 23.8. The lowest BCUT2D eigenvalue weighted by Crippen LogP contribution is -2.70. The van der Waals surface area contributed by atoms with E-state index in [0.717, 1.165) is 0 Å². The van der Waals surface area contributed by atoms with Gasteiger partial charge in [0.1, 0.15) is 22.7 Å². The van der Waals surface area contributed by atoms with E-state index in [2.05, 4.69) is 4.98 Å². The number of rotatable bonds is 2. The predicted molar refractivity (Wildman–Crippen MR) is 118 cm³/mol. The number of aliphatic hydroxyl groups is 4. The van der Waals surface area contributed by atoms with Gasteiger partial charge in [0.05, 0.1) is 24.9 Å². The molecule has 2 unspecified atom stereocenters. The number of hydrogen-bond donors (Lipinski definition) is 4. The molecule has 2 saturated carbocycles. The first-order chi connectivity index (χ1) is 15.6. The van der Waals surface area contributed by atoms with Crippen molar-refractivity contribution in [2.45, 2.75) is 63.9 Å². The molecule has 8 heteroatoms. The van der Waals surface area contributed by atoms with Crippen LogP contribution in [0.5, 0.6) is 5.75 Å². The lowest BCUT2D eigenvalue weighted by atomic mass is 9.42. The number of aliphatic hydroxyl groups excluding tert-OH is 4. The van der Waals surface area contributed by atoms with Gasteiger partial charge in [-0.1, -0.05) is 13.8 Å². The van der Waals surface area contributed by atoms with Crippen molar-refractivity contribution in [3.05, 3.63) is 46.6 Å². The highest BCUT2D eigenvalue weighted by molar-refractivity contribution is 5.59. The predicted octanol–water partition coefficient (Wildman–Crippen LogP) is 2.04. The summed E-state index contributed by atoms with van der Waals surface area (Å²) >= 11 is 0. The first-order valence-corrected chi connectivity index (χ1v) is 11.5. The molecule has 1 aliphatic heterocycles. The third kappa shape index (κ3) is 2.97. The second-order valence-corrected chi connectivity index (χ2v) is 10.7. The molecule has 2 aromatic rings. The average molecular weight is 458 g/mol. The van der Waals surface area contributed by atoms with E-state index in [0.29, 0.717) is 24.8 Å². The molecule has 0 saturated heterocycles. The van der Waals surface area contributed by atoms with Gasteiger partial charge in [0.25, 0.3) is 0 Å². The standard InChI is InChI=1S/C25H31NO7/c1-23-7-6-17(28)24(2,12-27)16(23)10-18(29)25(3)21(23)20(30)19-15(33-25)9-14(32-22(19)31)13-5-4-8-26-11-13/h4-5,8-9,11,16-18,20-21,27-30H,6-7,10,12H2,1-3H3/t16-,17+,18+,20+,21?,23+,24?,25-/m1/s1. The van der Waals surface area contributed by atoms with Crippen molar-refractivity contribution in [2.75, 3.05) is 6.61 Å². The summed E-state index contributed by atoms with van der Waals surface area (Å²) in [5.74, 6) is -0.465. The number of pyridine rings is 1. The van der Waals surface area contributed by atoms with Crippen LogP contribution in [0.2, 0.25) is 0 Å². The van der Waals surface area contributed by atoms with Crippen molar-refractivity contribution in [3.63, 3.8) is 0 Å². The summed E-state index contributed by atoms with van der Waals surface area (Å²) in [7, 11) is 0. The minimum atomic E-state index is -1.24. The summed E-state index contributed by atoms with van der Waals surface area (Å²) in [6.45, 7) is 5.37. The van der Waals surface area contributed by atoms with Gasteiger partial charge in [0, 0.05) is 35.4 Å². The van der Waals surface area contributed by atoms with Gasteiger partial charge in [0.15, 0.2) is 0 Å². The summed E-state index contributed by atoms with van der Waals surface area (Å²) < 4.78 is 11.9. The number of hydrogen-bond acceptors (Lipinski definition) is 8. The molecule has 178 valence electrons. The lowest BCUT2D eigenvalue weighted by molar-refractivity contribution is -0.264. The molecule has 3 heterocycles. The maximum absolute atomic E-state index is 13.1. The molecule has 3 aliphatic rings. The van der Waals surface area contributed by atoms with Gasteiger partial charge in [-0.25, -0.2) is 4.79 Å². The van der Waals surface area contributed by atoms with Gasteiger partial charge >= 0.3 is 5.63 Å². The van der Waals surface area contributed by atoms with Gasteiger partial charge in [-0.15, -0.1) is 0 Å². The molecular weight excluding hydrogens is 426 g/mol. The van der Waals surface area contributed by atoms with Crippen LogP contribution < -0.4 is 10.4 Å². The fourth-order valence-electron chi connectivity index (χ4n) is 7.08. The fourth-order valence-corrected chi connectivity index (χ4v) is 7.08. The van der Waals surface area contributed by atoms with Gasteiger partial charge < -0.3 is 29.6 Å². The summed E-state index contributed by atoms with van der Waals surface area (Å²) in [6, 6.07) is 5.05. The van der Waals surface area contributed by atoms with E-state index in [9.17, 15) is 25.2 Å². The van der Waals surface area contributed by atoms with Crippen molar-refractivity contribution in [1.82, 2.24) is 4.98 Å². The maximum atomic E-state index is 13.1. The SMILES string of the molecule is CC1(CO)[C@@H](O)CC[C@]2(C)C3[C@@H](O)c4c(cc(-c5cccnc5)oc4=O)O[C@]3(C)[C@@H](O)C[C@@H]12. The molecule has 0 radical (unpaired) electrons. The maximum Gasteiger partial charge on any atom is 0.345 e. The molecule has 0 amide bonds. The van der Waals surface area contributed by atoms with E-state index in [1.165, 1.54) is 0 Å². The summed E-state index contributed by atoms with van der Waals surface area (Å²) in [5, 5.41) is 43.9. The Bertz CT molecular complexity index is 1120. The van der Waals surface area contributed by atoms with E-state index < -0.39 is 46.3 Å². The Hall–Kier alpha value is -2.26. The van der Waals surface area contributed by atoms with Crippen LogP contribution in [0.3, 0.4) is 0 Å². The summed E-state index contributed by atoms with van der Waals surface area (Å²) in [4.78, 5) is 17.1. The van der Waals surface area contributed by atoms with Crippen LogP contribution >= 0.6 is 0 Å². The highest BCUT2D eigenvalue weighted by Gasteiger charge is 2.68. The Morgan fingerprint density at radius 1 is 1.18 bits per heavy atom. The van der Waals surface area contributed by atoms with Crippen molar-refractivity contribution in [3.8, 4) is 17.1 Å². The second kappa shape index (κ2) is 7.37. The van der Waals surface area contributed by atoms with Crippen molar-refractivity contribution < 1.29 is 29.6 Å². The zero-order valence-electron chi connectivity index (χ0n) is 19.1. The Labute approximate surface area is 191 Å². The van der Waals surface area contributed by atoms with Crippen LogP contribution in [0.15, 0.2) is 39.8 Å². The van der Waals surface area contributed by atoms with Crippen LogP contribution in [0.4, 0.5) is 0 Å². The Balaban J connectivity index is 1.65. The van der Waals surface area contributed by atoms with Gasteiger partial charge in [0.2, 0.25) is 0 Å². The van der Waals surface area contributed by atoms with Crippen molar-refractivity contribution in [1.29, 1.82) is 0 Å². The first-order valence-electron chi connectivity index (χ1n) is 11.5. The quantitative estimate of drug-likeness (QED) is 0.539. The van der Waals surface area contributed by atoms with Crippen molar-refractivity contribution >= 4 is 0 Å². The van der Waals surface area contributed by atoms with Crippen LogP contribution in [-0.4, -0.2) is 49.8 Å². The Morgan fingerprint density at radius 3 is 2.61 bits per heavy atom. The van der Waals surface area contributed by atoms with Gasteiger partial charge in [-0.05, 0) is 49.7 Å². The van der Waals surface area contributed by atoms with Crippen LogP contribution in [0.25, 0.3) is 11.3 Å². The molecule has 5 rings (SSSR count). The van der Waals surface area contributed by atoms with Crippen LogP contribution in [0, 0.1) is 22.7 Å². The van der Waals surface area contributed by atoms with Crippen LogP contribution in [-0.2, 0) is 0 Å². The number of fused-ring (bicyclic) bond motifs is 4. The van der Waals surface area contributed by atoms with Crippen LogP contribution in [0.1, 0.15) is 51.7 Å². The monoisotopic (exact) mass is 457 g/mol. The molecule has 0 spiro atoms. The highest BCUT2D eigenvalue weighted by atomic mass is 16.5. The minimum Gasteiger partial charge on any atom is -0.484 e. The van der Waals surface area contributed by atoms with Gasteiger partial charge in [-0.3, -0.25) is 4.98 Å². The third-order valence-electron chi connectivity index (χ3n) is 8.94. The molecule has 0 bridgehead atoms. The number of ether oxygens (including phenoxy) is 1. The zero-order valence-corrected chi connectivity index (χ0v) is 19.1. The molecule has 2 aliphatic carbocycles. The van der Waals surface area contributed by atoms with Gasteiger partial charge in [-0.2, -0.15) is 0 Å². The topological polar surface area (TPSA) is 133 Å². The highest BCUT2D eigenvalue weighted by Crippen LogP contribution is 2.66. The third-order valence-corrected chi connectivity index (χ3v) is 8.94. The average Bonchev–Trinajstić information content (AvgIpc) is 2.78. The minimum absolute atomic E-state index is 0.0380. The molecule has 4 N–H and O–H groups in total. The molecule has 2 fully saturated rings. The van der Waals surface area contributed by atoms with Crippen molar-refractivity contribution in [2.24, 2.45) is 22.7 Å². The first kappa shape index (κ1) is 22.5. The fraction of sp³-hybridized carbons (Fsp3) is 0.600. The Kier molecular flexibility index (Phi) is 5.03. The van der Waals surface area contributed by atoms with E-state index in [1.807, 2.05) is 13.8 Å². The van der Waals surface area contributed by atoms with E-state index in [-0.39, 0.29) is 29.6 Å². The molecule has 8 atom stereocenters. The summed E-state index contributed by atoms with van der Waals surface area (Å²) in [5.41, 5.74) is -2.67. The van der Waals surface area contributed by atoms with E-state index in [1.54, 1.807) is 37.5 Å². The second-order valence-electron chi connectivity index (χ2n) is 10.7. The molecule has 8 nitrogen and oxygen atoms in total. The number of nitrogens with zero attached hydrogens (tertiary/aromatic N) is 1. The molecule has 0 aromatic carbocycles. The lowest BCUT2D eigenvalue weighted by Gasteiger charge is -2.66. The molecule has 33 heavy (non-hydrogen) atoms. The van der Waals surface area contributed by atoms with E-state index in [4.69, 9.17) is 9.15 Å². The summed E-state index contributed by atoms with van der Waals surface area (Å²) in [6.07, 6.45) is 1.56. The van der Waals surface area contributed by atoms with E-state index >= 15 is 0 Å². The smallest absolute Gasteiger partial charge is 0.345 e. The largest absolute Gasteiger partial charge is 0.484 e. The molecular formula is C25H31NO7. The number of aromatic nitrogens is 1. The Morgan fingerprint density at radius 2 is 1.94 bits per heavy atom.